The highest BCUT2D eigenvalue weighted by atomic mass is 32.2. The van der Waals surface area contributed by atoms with E-state index < -0.39 is 28.6 Å². The molecule has 0 spiro atoms. The predicted molar refractivity (Wildman–Crippen MR) is 38.5 cm³/mol. The van der Waals surface area contributed by atoms with Crippen LogP contribution in [0.4, 0.5) is 8.78 Å². The first kappa shape index (κ1) is 9.85. The summed E-state index contributed by atoms with van der Waals surface area (Å²) in [6, 6.07) is 0. The van der Waals surface area contributed by atoms with E-state index in [0.29, 0.717) is 6.42 Å². The van der Waals surface area contributed by atoms with E-state index in [4.69, 9.17) is 0 Å². The Kier molecular flexibility index (Phi) is 2.40. The van der Waals surface area contributed by atoms with Crippen molar-refractivity contribution in [1.82, 2.24) is 0 Å². The van der Waals surface area contributed by atoms with Crippen molar-refractivity contribution in [3.63, 3.8) is 0 Å². The lowest BCUT2D eigenvalue weighted by molar-refractivity contribution is 0.0686. The van der Waals surface area contributed by atoms with Crippen molar-refractivity contribution in [2.24, 2.45) is 0 Å². The molecule has 1 aliphatic rings. The summed E-state index contributed by atoms with van der Waals surface area (Å²) in [4.78, 5) is 0. The highest BCUT2D eigenvalue weighted by Gasteiger charge is 2.60. The Hall–Kier alpha value is -0.230. The van der Waals surface area contributed by atoms with E-state index in [-0.39, 0.29) is 5.75 Å². The van der Waals surface area contributed by atoms with Gasteiger partial charge in [-0.2, -0.15) is 8.42 Å². The molecule has 0 amide bonds. The second-order valence-corrected chi connectivity index (χ2v) is 4.53. The first-order valence-electron chi connectivity index (χ1n) is 3.66. The van der Waals surface area contributed by atoms with Gasteiger partial charge in [-0.25, -0.2) is 8.78 Å². The van der Waals surface area contributed by atoms with Crippen molar-refractivity contribution in [2.75, 3.05) is 5.75 Å². The van der Waals surface area contributed by atoms with Crippen LogP contribution >= 0.6 is 0 Å². The highest BCUT2D eigenvalue weighted by Crippen LogP contribution is 2.45. The third kappa shape index (κ3) is 2.38. The summed E-state index contributed by atoms with van der Waals surface area (Å²) < 4.78 is 50.2. The summed E-state index contributed by atoms with van der Waals surface area (Å²) in [7, 11) is -3.72. The van der Waals surface area contributed by atoms with Crippen molar-refractivity contribution < 1.29 is 21.4 Å². The van der Waals surface area contributed by atoms with Gasteiger partial charge >= 0.3 is 0 Å². The molecule has 72 valence electrons. The third-order valence-corrected chi connectivity index (χ3v) is 2.92. The lowest BCUT2D eigenvalue weighted by atomic mass is 10.6. The average molecular weight is 200 g/mol. The van der Waals surface area contributed by atoms with Crippen LogP contribution in [0.1, 0.15) is 19.8 Å². The third-order valence-electron chi connectivity index (χ3n) is 1.49. The minimum absolute atomic E-state index is 0.195. The standard InChI is InChI=1S/C6H10F2O3S/c1-2-3-12(9,10)11-5-4-6(5,7)8/h5H,2-4H2,1H3. The van der Waals surface area contributed by atoms with Gasteiger partial charge in [-0.3, -0.25) is 4.18 Å². The Balaban J connectivity index is 2.43. The van der Waals surface area contributed by atoms with Crippen LogP contribution in [0.15, 0.2) is 0 Å². The molecule has 3 nitrogen and oxygen atoms in total. The second-order valence-electron chi connectivity index (χ2n) is 2.81. The minimum atomic E-state index is -3.72. The lowest BCUT2D eigenvalue weighted by Crippen LogP contribution is -2.14. The number of alkyl halides is 2. The first-order valence-corrected chi connectivity index (χ1v) is 5.24. The Morgan fingerprint density at radius 1 is 1.58 bits per heavy atom. The molecule has 1 aliphatic carbocycles. The van der Waals surface area contributed by atoms with Crippen molar-refractivity contribution in [3.05, 3.63) is 0 Å². The fourth-order valence-electron chi connectivity index (χ4n) is 0.768. The van der Waals surface area contributed by atoms with Crippen LogP contribution in [0, 0.1) is 0 Å². The second kappa shape index (κ2) is 2.92. The largest absolute Gasteiger partial charge is 0.278 e. The minimum Gasteiger partial charge on any atom is -0.260 e. The molecular formula is C6H10F2O3S. The summed E-state index contributed by atoms with van der Waals surface area (Å²) in [6.07, 6.45) is -1.51. The zero-order valence-corrected chi connectivity index (χ0v) is 7.40. The normalized spacial score (nSPS) is 27.1. The molecule has 0 aromatic heterocycles. The van der Waals surface area contributed by atoms with E-state index in [0.717, 1.165) is 0 Å². The van der Waals surface area contributed by atoms with Crippen molar-refractivity contribution in [1.29, 1.82) is 0 Å². The molecule has 1 saturated carbocycles. The Morgan fingerprint density at radius 3 is 2.42 bits per heavy atom. The molecule has 0 N–H and O–H groups in total. The van der Waals surface area contributed by atoms with E-state index in [2.05, 4.69) is 4.18 Å². The molecule has 1 atom stereocenters. The Bertz CT molecular complexity index is 260. The Labute approximate surface area is 69.8 Å². The average Bonchev–Trinajstić information content (AvgIpc) is 2.36. The van der Waals surface area contributed by atoms with E-state index in [1.54, 1.807) is 6.92 Å². The zero-order chi connectivity index (χ0) is 9.41. The first-order chi connectivity index (χ1) is 5.37. The van der Waals surface area contributed by atoms with Crippen LogP contribution in [0.25, 0.3) is 0 Å². The van der Waals surface area contributed by atoms with Crippen LogP contribution in [0.3, 0.4) is 0 Å². The molecule has 1 unspecified atom stereocenters. The summed E-state index contributed by atoms with van der Waals surface area (Å²) >= 11 is 0. The smallest absolute Gasteiger partial charge is 0.260 e. The molecule has 0 aliphatic heterocycles. The molecule has 0 bridgehead atoms. The molecule has 0 saturated heterocycles. The van der Waals surface area contributed by atoms with E-state index >= 15 is 0 Å². The van der Waals surface area contributed by atoms with Gasteiger partial charge in [-0.15, -0.1) is 0 Å². The molecule has 6 heteroatoms. The van der Waals surface area contributed by atoms with E-state index in [9.17, 15) is 17.2 Å². The van der Waals surface area contributed by atoms with Gasteiger partial charge in [0.2, 0.25) is 0 Å². The highest BCUT2D eigenvalue weighted by molar-refractivity contribution is 7.86. The molecule has 1 rings (SSSR count). The maximum absolute atomic E-state index is 12.2. The van der Waals surface area contributed by atoms with Crippen LogP contribution < -0.4 is 0 Å². The molecule has 0 aromatic rings. The van der Waals surface area contributed by atoms with Crippen molar-refractivity contribution in [3.8, 4) is 0 Å². The predicted octanol–water partition coefficient (Wildman–Crippen LogP) is 1.15. The van der Waals surface area contributed by atoms with E-state index in [1.807, 2.05) is 0 Å². The number of hydrogen-bond donors (Lipinski definition) is 0. The SMILES string of the molecule is CCCS(=O)(=O)OC1CC1(F)F. The van der Waals surface area contributed by atoms with Gasteiger partial charge in [0.25, 0.3) is 16.0 Å². The maximum Gasteiger partial charge on any atom is 0.278 e. The molecule has 0 heterocycles. The molecule has 0 radical (unpaired) electrons. The summed E-state index contributed by atoms with van der Waals surface area (Å²) in [5, 5.41) is 0. The fraction of sp³-hybridized carbons (Fsp3) is 1.00. The van der Waals surface area contributed by atoms with Gasteiger partial charge in [0.15, 0.2) is 0 Å². The maximum atomic E-state index is 12.2. The van der Waals surface area contributed by atoms with Crippen molar-refractivity contribution >= 4 is 10.1 Å². The van der Waals surface area contributed by atoms with Crippen molar-refractivity contribution in [2.45, 2.75) is 31.8 Å². The van der Waals surface area contributed by atoms with Gasteiger partial charge in [0, 0.05) is 6.42 Å². The van der Waals surface area contributed by atoms with Gasteiger partial charge in [-0.1, -0.05) is 6.92 Å². The molecule has 12 heavy (non-hydrogen) atoms. The zero-order valence-electron chi connectivity index (χ0n) is 6.59. The van der Waals surface area contributed by atoms with Crippen LogP contribution in [0.2, 0.25) is 0 Å². The molecule has 1 fully saturated rings. The number of hydrogen-bond acceptors (Lipinski definition) is 3. The van der Waals surface area contributed by atoms with Gasteiger partial charge in [0.05, 0.1) is 5.75 Å². The summed E-state index contributed by atoms with van der Waals surface area (Å²) in [6.45, 7) is 1.64. The topological polar surface area (TPSA) is 43.4 Å². The van der Waals surface area contributed by atoms with Gasteiger partial charge in [0.1, 0.15) is 6.10 Å². The van der Waals surface area contributed by atoms with Crippen LogP contribution in [-0.2, 0) is 14.3 Å². The quantitative estimate of drug-likeness (QED) is 0.639. The van der Waals surface area contributed by atoms with Gasteiger partial charge in [-0.05, 0) is 6.42 Å². The monoisotopic (exact) mass is 200 g/mol. The van der Waals surface area contributed by atoms with Gasteiger partial charge < -0.3 is 0 Å². The Morgan fingerprint density at radius 2 is 2.08 bits per heavy atom. The lowest BCUT2D eigenvalue weighted by Gasteiger charge is -2.01. The van der Waals surface area contributed by atoms with Crippen LogP contribution in [0.5, 0.6) is 0 Å². The van der Waals surface area contributed by atoms with E-state index in [1.165, 1.54) is 0 Å². The summed E-state index contributed by atoms with van der Waals surface area (Å²) in [5.41, 5.74) is 0. The van der Waals surface area contributed by atoms with Crippen LogP contribution in [-0.4, -0.2) is 26.2 Å². The molecular weight excluding hydrogens is 190 g/mol. The number of rotatable bonds is 4. The number of halogens is 2. The molecule has 0 aromatic carbocycles. The summed E-state index contributed by atoms with van der Waals surface area (Å²) in [5.74, 6) is -3.12. The fourth-order valence-corrected chi connectivity index (χ4v) is 1.93.